The molecular weight excluding hydrogens is 332 g/mol. The van der Waals surface area contributed by atoms with Crippen molar-refractivity contribution in [1.82, 2.24) is 10.2 Å². The van der Waals surface area contributed by atoms with Crippen molar-refractivity contribution in [2.24, 2.45) is 0 Å². The summed E-state index contributed by atoms with van der Waals surface area (Å²) in [6.07, 6.45) is 6.47. The number of likely N-dealkylation sites (tertiary alicyclic amines) is 1. The number of methoxy groups -OCH3 is 2. The maximum atomic E-state index is 12.5. The van der Waals surface area contributed by atoms with Gasteiger partial charge in [-0.25, -0.2) is 0 Å². The number of hydrogen-bond donors (Lipinski definition) is 1. The zero-order valence-corrected chi connectivity index (χ0v) is 15.8. The van der Waals surface area contributed by atoms with Crippen LogP contribution in [0.25, 0.3) is 6.08 Å². The molecule has 0 aliphatic carbocycles. The zero-order valence-electron chi connectivity index (χ0n) is 15.8. The average Bonchev–Trinajstić information content (AvgIpc) is 2.66. The fourth-order valence-corrected chi connectivity index (χ4v) is 3.04. The van der Waals surface area contributed by atoms with Crippen LogP contribution in [0.4, 0.5) is 0 Å². The highest BCUT2D eigenvalue weighted by atomic mass is 16.5. The Morgan fingerprint density at radius 2 is 2.12 bits per heavy atom. The summed E-state index contributed by atoms with van der Waals surface area (Å²) in [5.41, 5.74) is 0.812. The molecule has 2 amide bonds. The van der Waals surface area contributed by atoms with Gasteiger partial charge in [-0.2, -0.15) is 0 Å². The largest absolute Gasteiger partial charge is 0.497 e. The first kappa shape index (κ1) is 19.8. The lowest BCUT2D eigenvalue weighted by molar-refractivity contribution is -0.129. The van der Waals surface area contributed by atoms with Gasteiger partial charge in [0.15, 0.2) is 0 Å². The van der Waals surface area contributed by atoms with Gasteiger partial charge in [-0.15, -0.1) is 0 Å². The van der Waals surface area contributed by atoms with E-state index in [1.807, 2.05) is 19.1 Å². The van der Waals surface area contributed by atoms with Crippen LogP contribution >= 0.6 is 0 Å². The topological polar surface area (TPSA) is 67.9 Å². The van der Waals surface area contributed by atoms with E-state index in [4.69, 9.17) is 9.47 Å². The first-order chi connectivity index (χ1) is 12.6. The molecule has 1 atom stereocenters. The van der Waals surface area contributed by atoms with Gasteiger partial charge in [-0.05, 0) is 37.5 Å². The SMILES string of the molecule is CCCC(=O)NC1CCCN(C(=O)/C=C/c2ccc(OC)cc2OC)C1. The number of rotatable bonds is 7. The number of carbonyl (C=O) groups excluding carboxylic acids is 2. The Labute approximate surface area is 155 Å². The van der Waals surface area contributed by atoms with Gasteiger partial charge in [0, 0.05) is 43.3 Å². The van der Waals surface area contributed by atoms with Crippen molar-refractivity contribution in [2.45, 2.75) is 38.6 Å². The van der Waals surface area contributed by atoms with Gasteiger partial charge in [-0.3, -0.25) is 9.59 Å². The van der Waals surface area contributed by atoms with E-state index in [9.17, 15) is 9.59 Å². The second-order valence-corrected chi connectivity index (χ2v) is 6.38. The molecule has 0 bridgehead atoms. The van der Waals surface area contributed by atoms with Crippen LogP contribution in [0.5, 0.6) is 11.5 Å². The van der Waals surface area contributed by atoms with Crippen molar-refractivity contribution in [1.29, 1.82) is 0 Å². The fraction of sp³-hybridized carbons (Fsp3) is 0.500. The maximum absolute atomic E-state index is 12.5. The Hall–Kier alpha value is -2.50. The fourth-order valence-electron chi connectivity index (χ4n) is 3.04. The summed E-state index contributed by atoms with van der Waals surface area (Å²) < 4.78 is 10.5. The molecule has 0 saturated carbocycles. The maximum Gasteiger partial charge on any atom is 0.246 e. The summed E-state index contributed by atoms with van der Waals surface area (Å²) in [7, 11) is 3.18. The van der Waals surface area contributed by atoms with Crippen LogP contribution < -0.4 is 14.8 Å². The predicted octanol–water partition coefficient (Wildman–Crippen LogP) is 2.62. The third-order valence-corrected chi connectivity index (χ3v) is 4.42. The predicted molar refractivity (Wildman–Crippen MR) is 101 cm³/mol. The molecule has 1 N–H and O–H groups in total. The van der Waals surface area contributed by atoms with Crippen LogP contribution in [0.1, 0.15) is 38.2 Å². The quantitative estimate of drug-likeness (QED) is 0.759. The van der Waals surface area contributed by atoms with E-state index in [0.717, 1.165) is 24.8 Å². The van der Waals surface area contributed by atoms with E-state index in [0.29, 0.717) is 31.0 Å². The van der Waals surface area contributed by atoms with Crippen LogP contribution in [0.15, 0.2) is 24.3 Å². The van der Waals surface area contributed by atoms with Gasteiger partial charge >= 0.3 is 0 Å². The molecule has 1 saturated heterocycles. The number of nitrogens with one attached hydrogen (secondary N) is 1. The summed E-state index contributed by atoms with van der Waals surface area (Å²) in [6, 6.07) is 5.50. The van der Waals surface area contributed by atoms with Crippen molar-refractivity contribution in [3.05, 3.63) is 29.8 Å². The molecule has 6 nitrogen and oxygen atoms in total. The number of benzene rings is 1. The lowest BCUT2D eigenvalue weighted by Gasteiger charge is -2.32. The van der Waals surface area contributed by atoms with Crippen molar-refractivity contribution < 1.29 is 19.1 Å². The number of carbonyl (C=O) groups is 2. The standard InChI is InChI=1S/C20H28N2O4/c1-4-6-19(23)21-16-7-5-12-22(14-16)20(24)11-9-15-8-10-17(25-2)13-18(15)26-3/h8-11,13,16H,4-7,12,14H2,1-3H3,(H,21,23)/b11-9+. The molecule has 1 unspecified atom stereocenters. The Kier molecular flexibility index (Phi) is 7.51. The molecule has 1 heterocycles. The van der Waals surface area contributed by atoms with Crippen molar-refractivity contribution in [2.75, 3.05) is 27.3 Å². The van der Waals surface area contributed by atoms with Crippen molar-refractivity contribution in [3.8, 4) is 11.5 Å². The molecule has 1 aromatic rings. The van der Waals surface area contributed by atoms with Crippen LogP contribution in [-0.4, -0.2) is 50.1 Å². The van der Waals surface area contributed by atoms with Gasteiger partial charge in [-0.1, -0.05) is 6.92 Å². The van der Waals surface area contributed by atoms with E-state index in [2.05, 4.69) is 5.32 Å². The van der Waals surface area contributed by atoms with Crippen LogP contribution in [0.3, 0.4) is 0 Å². The second-order valence-electron chi connectivity index (χ2n) is 6.38. The molecule has 2 rings (SSSR count). The Bertz CT molecular complexity index is 657. The number of hydrogen-bond acceptors (Lipinski definition) is 4. The molecular formula is C20H28N2O4. The summed E-state index contributed by atoms with van der Waals surface area (Å²) >= 11 is 0. The Morgan fingerprint density at radius 3 is 2.81 bits per heavy atom. The highest BCUT2D eigenvalue weighted by molar-refractivity contribution is 5.92. The highest BCUT2D eigenvalue weighted by Crippen LogP contribution is 2.25. The molecule has 0 spiro atoms. The summed E-state index contributed by atoms with van der Waals surface area (Å²) in [5.74, 6) is 1.35. The monoisotopic (exact) mass is 360 g/mol. The second kappa shape index (κ2) is 9.85. The summed E-state index contributed by atoms with van der Waals surface area (Å²) in [4.78, 5) is 26.1. The van der Waals surface area contributed by atoms with Crippen LogP contribution in [-0.2, 0) is 9.59 Å². The highest BCUT2D eigenvalue weighted by Gasteiger charge is 2.23. The molecule has 1 aromatic carbocycles. The number of piperidine rings is 1. The number of amides is 2. The molecule has 1 aliphatic rings. The van der Waals surface area contributed by atoms with Crippen LogP contribution in [0, 0.1) is 0 Å². The minimum Gasteiger partial charge on any atom is -0.497 e. The van der Waals surface area contributed by atoms with E-state index >= 15 is 0 Å². The smallest absolute Gasteiger partial charge is 0.246 e. The molecule has 1 aliphatic heterocycles. The zero-order chi connectivity index (χ0) is 18.9. The van der Waals surface area contributed by atoms with Gasteiger partial charge in [0.05, 0.1) is 14.2 Å². The number of nitrogens with zero attached hydrogens (tertiary/aromatic N) is 1. The third-order valence-electron chi connectivity index (χ3n) is 4.42. The van der Waals surface area contributed by atoms with Gasteiger partial charge in [0.25, 0.3) is 0 Å². The average molecular weight is 360 g/mol. The van der Waals surface area contributed by atoms with Crippen molar-refractivity contribution >= 4 is 17.9 Å². The Balaban J connectivity index is 1.98. The molecule has 1 fully saturated rings. The normalized spacial score (nSPS) is 17.2. The summed E-state index contributed by atoms with van der Waals surface area (Å²) in [6.45, 7) is 3.25. The number of ether oxygens (including phenoxy) is 2. The minimum atomic E-state index is -0.0580. The molecule has 6 heteroatoms. The van der Waals surface area contributed by atoms with Gasteiger partial charge < -0.3 is 19.7 Å². The summed E-state index contributed by atoms with van der Waals surface area (Å²) in [5, 5.41) is 3.02. The van der Waals surface area contributed by atoms with Gasteiger partial charge in [0.1, 0.15) is 11.5 Å². The molecule has 0 aromatic heterocycles. The molecule has 0 radical (unpaired) electrons. The molecule has 142 valence electrons. The lowest BCUT2D eigenvalue weighted by Crippen LogP contribution is -2.49. The first-order valence-corrected chi connectivity index (χ1v) is 9.05. The lowest BCUT2D eigenvalue weighted by atomic mass is 10.0. The van der Waals surface area contributed by atoms with Gasteiger partial charge in [0.2, 0.25) is 11.8 Å². The molecule has 26 heavy (non-hydrogen) atoms. The van der Waals surface area contributed by atoms with E-state index < -0.39 is 0 Å². The third kappa shape index (κ3) is 5.51. The first-order valence-electron chi connectivity index (χ1n) is 9.05. The van der Waals surface area contributed by atoms with E-state index in [-0.39, 0.29) is 17.9 Å². The minimum absolute atomic E-state index is 0.0377. The van der Waals surface area contributed by atoms with Crippen LogP contribution in [0.2, 0.25) is 0 Å². The van der Waals surface area contributed by atoms with E-state index in [1.165, 1.54) is 0 Å². The van der Waals surface area contributed by atoms with Crippen molar-refractivity contribution in [3.63, 3.8) is 0 Å². The van der Waals surface area contributed by atoms with E-state index in [1.54, 1.807) is 37.3 Å². The Morgan fingerprint density at radius 1 is 1.31 bits per heavy atom.